The molecule has 0 amide bonds. The third kappa shape index (κ3) is 10.4. The highest BCUT2D eigenvalue weighted by atomic mass is 127. The number of hydrogen-bond acceptors (Lipinski definition) is 3. The molecule has 172 valence electrons. The number of guanidine groups is 1. The maximum absolute atomic E-state index is 6.14. The molecule has 2 unspecified atom stereocenters. The van der Waals surface area contributed by atoms with Crippen molar-refractivity contribution in [2.75, 3.05) is 47.4 Å². The van der Waals surface area contributed by atoms with E-state index in [0.29, 0.717) is 5.92 Å². The zero-order chi connectivity index (χ0) is 20.9. The van der Waals surface area contributed by atoms with Gasteiger partial charge in [0.15, 0.2) is 5.96 Å². The molecule has 0 radical (unpaired) electrons. The summed E-state index contributed by atoms with van der Waals surface area (Å²) in [6.07, 6.45) is 8.92. The number of aryl methyl sites for hydroxylation is 1. The normalized spacial score (nSPS) is 19.4. The Bertz CT molecular complexity index is 591. The summed E-state index contributed by atoms with van der Waals surface area (Å²) >= 11 is 0. The van der Waals surface area contributed by atoms with Gasteiger partial charge in [-0.05, 0) is 58.8 Å². The summed E-state index contributed by atoms with van der Waals surface area (Å²) < 4.78 is 6.14. The molecule has 30 heavy (non-hydrogen) atoms. The summed E-state index contributed by atoms with van der Waals surface area (Å²) in [5.41, 5.74) is 2.58. The average molecular weight is 531 g/mol. The molecule has 0 bridgehead atoms. The first-order valence-corrected chi connectivity index (χ1v) is 11.4. The first-order valence-electron chi connectivity index (χ1n) is 11.4. The molecule has 2 N–H and O–H groups in total. The number of nitrogens with one attached hydrogen (secondary N) is 2. The van der Waals surface area contributed by atoms with Gasteiger partial charge in [-0.2, -0.15) is 0 Å². The van der Waals surface area contributed by atoms with Crippen molar-refractivity contribution >= 4 is 29.9 Å². The first-order chi connectivity index (χ1) is 14.1. The van der Waals surface area contributed by atoms with Crippen LogP contribution < -0.4 is 10.6 Å². The molecule has 0 aromatic heterocycles. The lowest BCUT2D eigenvalue weighted by atomic mass is 9.89. The molecule has 2 rings (SSSR count). The second kappa shape index (κ2) is 15.9. The molecule has 1 saturated heterocycles. The molecule has 1 aromatic rings. The third-order valence-electron chi connectivity index (χ3n) is 5.68. The number of unbranched alkanes of at least 4 members (excludes halogenated alkanes) is 4. The Morgan fingerprint density at radius 2 is 1.77 bits per heavy atom. The lowest BCUT2D eigenvalue weighted by molar-refractivity contribution is -0.0265. The Kier molecular flexibility index (Phi) is 14.4. The van der Waals surface area contributed by atoms with Crippen molar-refractivity contribution in [2.24, 2.45) is 10.9 Å². The van der Waals surface area contributed by atoms with Crippen LogP contribution in [0.2, 0.25) is 0 Å². The van der Waals surface area contributed by atoms with E-state index in [1.807, 2.05) is 7.05 Å². The van der Waals surface area contributed by atoms with Crippen LogP contribution in [0.4, 0.5) is 0 Å². The van der Waals surface area contributed by atoms with E-state index >= 15 is 0 Å². The van der Waals surface area contributed by atoms with E-state index in [1.54, 1.807) is 0 Å². The highest BCUT2D eigenvalue weighted by molar-refractivity contribution is 14.0. The van der Waals surface area contributed by atoms with Crippen molar-refractivity contribution in [1.82, 2.24) is 15.5 Å². The minimum absolute atomic E-state index is 0. The van der Waals surface area contributed by atoms with E-state index in [1.165, 1.54) is 56.2 Å². The van der Waals surface area contributed by atoms with Crippen LogP contribution in [0.3, 0.4) is 0 Å². The van der Waals surface area contributed by atoms with Crippen molar-refractivity contribution in [3.8, 4) is 0 Å². The molecule has 1 aliphatic heterocycles. The van der Waals surface area contributed by atoms with Gasteiger partial charge in [-0.15, -0.1) is 24.0 Å². The number of halogens is 1. The average Bonchev–Trinajstić information content (AvgIpc) is 2.73. The van der Waals surface area contributed by atoms with Gasteiger partial charge in [0.05, 0.1) is 6.10 Å². The smallest absolute Gasteiger partial charge is 0.190 e. The van der Waals surface area contributed by atoms with Crippen LogP contribution in [0.25, 0.3) is 0 Å². The molecule has 1 fully saturated rings. The van der Waals surface area contributed by atoms with Gasteiger partial charge in [0, 0.05) is 32.7 Å². The van der Waals surface area contributed by atoms with Gasteiger partial charge in [0.2, 0.25) is 0 Å². The van der Waals surface area contributed by atoms with E-state index in [-0.39, 0.29) is 30.1 Å². The van der Waals surface area contributed by atoms with Crippen LogP contribution in [0, 0.1) is 12.8 Å². The molecule has 2 atom stereocenters. The fraction of sp³-hybridized carbons (Fsp3) is 0.708. The highest BCUT2D eigenvalue weighted by Crippen LogP contribution is 2.33. The van der Waals surface area contributed by atoms with E-state index in [4.69, 9.17) is 4.74 Å². The molecule has 6 heteroatoms. The van der Waals surface area contributed by atoms with Crippen LogP contribution in [0.1, 0.15) is 62.2 Å². The second-order valence-corrected chi connectivity index (χ2v) is 8.56. The number of nitrogens with zero attached hydrogens (tertiary/aromatic N) is 2. The van der Waals surface area contributed by atoms with Gasteiger partial charge in [-0.1, -0.05) is 49.1 Å². The van der Waals surface area contributed by atoms with Crippen LogP contribution in [-0.2, 0) is 4.74 Å². The van der Waals surface area contributed by atoms with Crippen LogP contribution in [0.15, 0.2) is 29.3 Å². The number of benzene rings is 1. The van der Waals surface area contributed by atoms with Gasteiger partial charge >= 0.3 is 0 Å². The zero-order valence-electron chi connectivity index (χ0n) is 19.5. The minimum atomic E-state index is 0. The molecule has 0 spiro atoms. The summed E-state index contributed by atoms with van der Waals surface area (Å²) in [7, 11) is 6.14. The maximum Gasteiger partial charge on any atom is 0.190 e. The van der Waals surface area contributed by atoms with E-state index < -0.39 is 0 Å². The van der Waals surface area contributed by atoms with Crippen molar-refractivity contribution in [3.05, 3.63) is 35.4 Å². The Labute approximate surface area is 201 Å². The van der Waals surface area contributed by atoms with Crippen molar-refractivity contribution < 1.29 is 4.74 Å². The monoisotopic (exact) mass is 530 g/mol. The number of ether oxygens (including phenoxy) is 1. The van der Waals surface area contributed by atoms with Crippen LogP contribution in [0.5, 0.6) is 0 Å². The maximum atomic E-state index is 6.14. The predicted octanol–water partition coefficient (Wildman–Crippen LogP) is 4.76. The Balaban J connectivity index is 0.00000450. The fourth-order valence-electron chi connectivity index (χ4n) is 3.92. The molecule has 5 nitrogen and oxygen atoms in total. The Morgan fingerprint density at radius 1 is 1.07 bits per heavy atom. The minimum Gasteiger partial charge on any atom is -0.373 e. The lowest BCUT2D eigenvalue weighted by Gasteiger charge is -2.32. The second-order valence-electron chi connectivity index (χ2n) is 8.56. The fourth-order valence-corrected chi connectivity index (χ4v) is 3.92. The van der Waals surface area contributed by atoms with Gasteiger partial charge in [0.25, 0.3) is 0 Å². The zero-order valence-corrected chi connectivity index (χ0v) is 21.8. The van der Waals surface area contributed by atoms with Crippen molar-refractivity contribution in [3.63, 3.8) is 0 Å². The van der Waals surface area contributed by atoms with E-state index in [2.05, 4.69) is 65.8 Å². The molecule has 1 heterocycles. The Morgan fingerprint density at radius 3 is 2.47 bits per heavy atom. The standard InChI is InChI=1S/C24H42N4O.HI/c1-20-12-14-21(15-13-20)23-22(11-10-18-29-23)19-27-24(25-2)26-16-8-6-5-7-9-17-28(3)4;/h12-15,22-23H,5-11,16-19H2,1-4H3,(H2,25,26,27);1H. The molecular formula is C24H43IN4O. The summed E-state index contributed by atoms with van der Waals surface area (Å²) in [6, 6.07) is 8.78. The van der Waals surface area contributed by atoms with Crippen LogP contribution >= 0.6 is 24.0 Å². The number of rotatable bonds is 11. The van der Waals surface area contributed by atoms with Gasteiger partial charge < -0.3 is 20.3 Å². The lowest BCUT2D eigenvalue weighted by Crippen LogP contribution is -2.42. The van der Waals surface area contributed by atoms with Gasteiger partial charge in [0.1, 0.15) is 0 Å². The van der Waals surface area contributed by atoms with E-state index in [9.17, 15) is 0 Å². The van der Waals surface area contributed by atoms with Gasteiger partial charge in [-0.25, -0.2) is 0 Å². The summed E-state index contributed by atoms with van der Waals surface area (Å²) in [4.78, 5) is 6.66. The molecule has 1 aromatic carbocycles. The summed E-state index contributed by atoms with van der Waals surface area (Å²) in [5.74, 6) is 1.38. The molecular weight excluding hydrogens is 487 g/mol. The molecule has 0 saturated carbocycles. The summed E-state index contributed by atoms with van der Waals surface area (Å²) in [6.45, 7) is 6.06. The molecule has 1 aliphatic rings. The topological polar surface area (TPSA) is 48.9 Å². The number of hydrogen-bond donors (Lipinski definition) is 2. The summed E-state index contributed by atoms with van der Waals surface area (Å²) in [5, 5.41) is 7.00. The van der Waals surface area contributed by atoms with Crippen molar-refractivity contribution in [2.45, 2.75) is 58.0 Å². The molecule has 0 aliphatic carbocycles. The SMILES string of the molecule is CN=C(NCCCCCCCN(C)C)NCC1CCCOC1c1ccc(C)cc1.I. The van der Waals surface area contributed by atoms with Crippen molar-refractivity contribution in [1.29, 1.82) is 0 Å². The highest BCUT2D eigenvalue weighted by Gasteiger charge is 2.27. The Hall–Kier alpha value is -0.860. The van der Waals surface area contributed by atoms with Crippen LogP contribution in [-0.4, -0.2) is 58.2 Å². The van der Waals surface area contributed by atoms with E-state index in [0.717, 1.165) is 32.1 Å². The van der Waals surface area contributed by atoms with Gasteiger partial charge in [-0.3, -0.25) is 4.99 Å². The quantitative estimate of drug-likeness (QED) is 0.188. The predicted molar refractivity (Wildman–Crippen MR) is 139 cm³/mol. The largest absolute Gasteiger partial charge is 0.373 e. The number of aliphatic imine (C=N–C) groups is 1. The third-order valence-corrected chi connectivity index (χ3v) is 5.68. The first kappa shape index (κ1) is 27.2.